The topological polar surface area (TPSA) is 94.8 Å². The van der Waals surface area contributed by atoms with Gasteiger partial charge in [0.25, 0.3) is 5.91 Å². The molecule has 8 nitrogen and oxygen atoms in total. The summed E-state index contributed by atoms with van der Waals surface area (Å²) >= 11 is 2.56. The molecule has 3 heterocycles. The Morgan fingerprint density at radius 2 is 2.09 bits per heavy atom. The van der Waals surface area contributed by atoms with Crippen LogP contribution in [0.4, 0.5) is 13.2 Å². The van der Waals surface area contributed by atoms with Gasteiger partial charge in [0, 0.05) is 37.0 Å². The number of amides is 1. The monoisotopic (exact) mass is 520 g/mol. The van der Waals surface area contributed by atoms with Crippen LogP contribution in [0.25, 0.3) is 17.1 Å². The fourth-order valence-electron chi connectivity index (χ4n) is 3.06. The number of methoxy groups -OCH3 is 1. The van der Waals surface area contributed by atoms with Crippen molar-refractivity contribution in [3.63, 3.8) is 0 Å². The van der Waals surface area contributed by atoms with Gasteiger partial charge in [0.05, 0.1) is 23.6 Å². The minimum atomic E-state index is -4.49. The number of ether oxygens (including phenoxy) is 1. The van der Waals surface area contributed by atoms with Crippen molar-refractivity contribution in [1.29, 1.82) is 0 Å². The molecule has 0 aliphatic rings. The molecule has 35 heavy (non-hydrogen) atoms. The number of hydrogen-bond acceptors (Lipinski definition) is 8. The first-order valence-electron chi connectivity index (χ1n) is 10.2. The summed E-state index contributed by atoms with van der Waals surface area (Å²) in [6.07, 6.45) is -1.33. The number of rotatable bonds is 9. The van der Waals surface area contributed by atoms with E-state index in [1.54, 1.807) is 47.6 Å². The molecule has 1 amide bonds. The zero-order chi connectivity index (χ0) is 24.8. The minimum absolute atomic E-state index is 0.267. The maximum atomic E-state index is 13.4. The first kappa shape index (κ1) is 24.8. The van der Waals surface area contributed by atoms with E-state index < -0.39 is 11.7 Å². The lowest BCUT2D eigenvalue weighted by molar-refractivity contribution is -0.137. The zero-order valence-corrected chi connectivity index (χ0v) is 20.0. The molecule has 0 fully saturated rings. The molecule has 13 heteroatoms. The van der Waals surface area contributed by atoms with Gasteiger partial charge in [-0.05, 0) is 30.3 Å². The van der Waals surface area contributed by atoms with E-state index in [1.165, 1.54) is 29.2 Å². The van der Waals surface area contributed by atoms with Crippen molar-refractivity contribution >= 4 is 29.0 Å². The molecule has 0 saturated carbocycles. The molecule has 182 valence electrons. The van der Waals surface area contributed by atoms with Gasteiger partial charge < -0.3 is 10.1 Å². The highest BCUT2D eigenvalue weighted by atomic mass is 32.2. The Morgan fingerprint density at radius 1 is 1.23 bits per heavy atom. The van der Waals surface area contributed by atoms with Crippen LogP contribution < -0.4 is 5.32 Å². The quantitative estimate of drug-likeness (QED) is 0.257. The maximum absolute atomic E-state index is 13.4. The Balaban J connectivity index is 1.61. The van der Waals surface area contributed by atoms with Crippen LogP contribution in [-0.2, 0) is 16.7 Å². The number of hydrogen-bond donors (Lipinski definition) is 1. The fourth-order valence-corrected chi connectivity index (χ4v) is 4.81. The van der Waals surface area contributed by atoms with Crippen LogP contribution in [0.2, 0.25) is 0 Å². The van der Waals surface area contributed by atoms with E-state index in [0.717, 1.165) is 12.1 Å². The number of carbonyl (C=O) groups is 1. The van der Waals surface area contributed by atoms with Crippen LogP contribution in [0.3, 0.4) is 0 Å². The van der Waals surface area contributed by atoms with E-state index >= 15 is 0 Å². The second kappa shape index (κ2) is 11.0. The van der Waals surface area contributed by atoms with Gasteiger partial charge in [-0.3, -0.25) is 14.3 Å². The lowest BCUT2D eigenvalue weighted by atomic mass is 10.2. The standard InChI is InChI=1S/C22H19F3N6O2S2/c1-33-9-8-27-20(32)17-12-34-18(28-17)13-35-21-30-29-19(14-4-3-7-26-11-14)31(21)16-6-2-5-15(10-16)22(23,24)25/h2-7,10-12H,8-9,13H2,1H3,(H,27,32). The van der Waals surface area contributed by atoms with Gasteiger partial charge in [-0.25, -0.2) is 4.98 Å². The van der Waals surface area contributed by atoms with Crippen molar-refractivity contribution in [2.75, 3.05) is 20.3 Å². The van der Waals surface area contributed by atoms with Gasteiger partial charge in [-0.1, -0.05) is 17.8 Å². The third kappa shape index (κ3) is 6.05. The highest BCUT2D eigenvalue weighted by Crippen LogP contribution is 2.34. The van der Waals surface area contributed by atoms with Crippen LogP contribution in [0, 0.1) is 0 Å². The number of pyridine rings is 1. The summed E-state index contributed by atoms with van der Waals surface area (Å²) in [5, 5.41) is 13.8. The molecule has 4 rings (SSSR count). The van der Waals surface area contributed by atoms with E-state index in [9.17, 15) is 18.0 Å². The number of thiazole rings is 1. The number of alkyl halides is 3. The molecule has 0 radical (unpaired) electrons. The predicted octanol–water partition coefficient (Wildman–Crippen LogP) is 4.47. The smallest absolute Gasteiger partial charge is 0.383 e. The maximum Gasteiger partial charge on any atom is 0.416 e. The molecule has 0 spiro atoms. The summed E-state index contributed by atoms with van der Waals surface area (Å²) in [4.78, 5) is 20.6. The third-order valence-electron chi connectivity index (χ3n) is 4.69. The van der Waals surface area contributed by atoms with E-state index in [2.05, 4.69) is 25.5 Å². The normalized spacial score (nSPS) is 11.5. The van der Waals surface area contributed by atoms with Crippen molar-refractivity contribution in [2.45, 2.75) is 17.1 Å². The number of aromatic nitrogens is 5. The molecule has 4 aromatic rings. The molecule has 0 saturated heterocycles. The summed E-state index contributed by atoms with van der Waals surface area (Å²) < 4.78 is 46.6. The molecule has 3 aromatic heterocycles. The number of carbonyl (C=O) groups excluding carboxylic acids is 1. The highest BCUT2D eigenvalue weighted by Gasteiger charge is 2.31. The number of halogens is 3. The molecule has 0 bridgehead atoms. The Morgan fingerprint density at radius 3 is 2.83 bits per heavy atom. The molecule has 0 aliphatic heterocycles. The third-order valence-corrected chi connectivity index (χ3v) is 6.66. The minimum Gasteiger partial charge on any atom is -0.383 e. The summed E-state index contributed by atoms with van der Waals surface area (Å²) in [7, 11) is 1.54. The Kier molecular flexibility index (Phi) is 7.78. The van der Waals surface area contributed by atoms with Crippen LogP contribution >= 0.6 is 23.1 Å². The Labute approximate surface area is 206 Å². The summed E-state index contributed by atoms with van der Waals surface area (Å²) in [6, 6.07) is 8.44. The zero-order valence-electron chi connectivity index (χ0n) is 18.3. The highest BCUT2D eigenvalue weighted by molar-refractivity contribution is 7.98. The average molecular weight is 521 g/mol. The van der Waals surface area contributed by atoms with Crippen LogP contribution in [-0.4, -0.2) is 50.9 Å². The van der Waals surface area contributed by atoms with Gasteiger partial charge in [0.2, 0.25) is 0 Å². The molecule has 0 atom stereocenters. The van der Waals surface area contributed by atoms with Gasteiger partial charge >= 0.3 is 6.18 Å². The molecular weight excluding hydrogens is 501 g/mol. The van der Waals surface area contributed by atoms with Crippen LogP contribution in [0.5, 0.6) is 0 Å². The van der Waals surface area contributed by atoms with E-state index in [-0.39, 0.29) is 17.3 Å². The molecule has 1 N–H and O–H groups in total. The van der Waals surface area contributed by atoms with Crippen molar-refractivity contribution in [3.8, 4) is 17.1 Å². The van der Waals surface area contributed by atoms with Crippen molar-refractivity contribution in [2.24, 2.45) is 0 Å². The van der Waals surface area contributed by atoms with E-state index in [1.807, 2.05) is 0 Å². The van der Waals surface area contributed by atoms with E-state index in [0.29, 0.717) is 40.5 Å². The molecule has 0 aliphatic carbocycles. The molecular formula is C22H19F3N6O2S2. The van der Waals surface area contributed by atoms with Gasteiger partial charge in [-0.15, -0.1) is 21.5 Å². The predicted molar refractivity (Wildman–Crippen MR) is 125 cm³/mol. The van der Waals surface area contributed by atoms with Crippen molar-refractivity contribution in [3.05, 3.63) is 70.4 Å². The van der Waals surface area contributed by atoms with Crippen molar-refractivity contribution in [1.82, 2.24) is 30.0 Å². The second-order valence-corrected chi connectivity index (χ2v) is 8.98. The van der Waals surface area contributed by atoms with Gasteiger partial charge in [0.15, 0.2) is 11.0 Å². The van der Waals surface area contributed by atoms with Gasteiger partial charge in [-0.2, -0.15) is 13.2 Å². The van der Waals surface area contributed by atoms with E-state index in [4.69, 9.17) is 4.74 Å². The second-order valence-electron chi connectivity index (χ2n) is 7.10. The largest absolute Gasteiger partial charge is 0.416 e. The Hall–Kier alpha value is -3.29. The van der Waals surface area contributed by atoms with Crippen LogP contribution in [0.1, 0.15) is 21.1 Å². The Bertz CT molecular complexity index is 1290. The fraction of sp³-hybridized carbons (Fsp3) is 0.227. The lowest BCUT2D eigenvalue weighted by Gasteiger charge is -2.13. The molecule has 1 aromatic carbocycles. The number of nitrogens with one attached hydrogen (secondary N) is 1. The summed E-state index contributed by atoms with van der Waals surface area (Å²) in [6.45, 7) is 0.761. The molecule has 0 unspecified atom stereocenters. The van der Waals surface area contributed by atoms with Crippen LogP contribution in [0.15, 0.2) is 59.3 Å². The lowest BCUT2D eigenvalue weighted by Crippen LogP contribution is -2.27. The first-order valence-corrected chi connectivity index (χ1v) is 12.1. The number of benzene rings is 1. The SMILES string of the molecule is COCCNC(=O)c1csc(CSc2nnc(-c3cccnc3)n2-c2cccc(C(F)(F)F)c2)n1. The number of nitrogens with zero attached hydrogens (tertiary/aromatic N) is 5. The number of thioether (sulfide) groups is 1. The first-order chi connectivity index (χ1) is 16.9. The van der Waals surface area contributed by atoms with Crippen molar-refractivity contribution < 1.29 is 22.7 Å². The van der Waals surface area contributed by atoms with Gasteiger partial charge in [0.1, 0.15) is 10.7 Å². The summed E-state index contributed by atoms with van der Waals surface area (Å²) in [5.74, 6) is 0.401. The summed E-state index contributed by atoms with van der Waals surface area (Å²) in [5.41, 5.74) is 0.384. The average Bonchev–Trinajstić information content (AvgIpc) is 3.50.